The molecular weight excluding hydrogens is 492 g/mol. The van der Waals surface area contributed by atoms with Crippen molar-refractivity contribution in [1.29, 1.82) is 0 Å². The quantitative estimate of drug-likeness (QED) is 0.141. The monoisotopic (exact) mass is 526 g/mol. The molecule has 36 heavy (non-hydrogen) atoms. The topological polar surface area (TPSA) is 208 Å². The lowest BCUT2D eigenvalue weighted by Crippen LogP contribution is -2.60. The number of amides is 3. The molecule has 13 heteroatoms. The van der Waals surface area contributed by atoms with Gasteiger partial charge in [0.25, 0.3) is 0 Å². The van der Waals surface area contributed by atoms with E-state index in [1.807, 2.05) is 6.26 Å². The lowest BCUT2D eigenvalue weighted by Gasteiger charge is -2.26. The number of benzene rings is 1. The van der Waals surface area contributed by atoms with Gasteiger partial charge >= 0.3 is 11.9 Å². The Morgan fingerprint density at radius 3 is 2.06 bits per heavy atom. The van der Waals surface area contributed by atoms with Gasteiger partial charge in [-0.15, -0.1) is 0 Å². The summed E-state index contributed by atoms with van der Waals surface area (Å²) in [6.45, 7) is 1.22. The van der Waals surface area contributed by atoms with Gasteiger partial charge in [-0.05, 0) is 37.3 Å². The van der Waals surface area contributed by atoms with Crippen LogP contribution in [0.5, 0.6) is 0 Å². The predicted octanol–water partition coefficient (Wildman–Crippen LogP) is -0.906. The van der Waals surface area contributed by atoms with Crippen LogP contribution in [0.2, 0.25) is 0 Å². The van der Waals surface area contributed by atoms with E-state index in [-0.39, 0.29) is 12.8 Å². The van der Waals surface area contributed by atoms with Crippen molar-refractivity contribution in [2.75, 3.05) is 12.0 Å². The molecule has 200 valence electrons. The summed E-state index contributed by atoms with van der Waals surface area (Å²) in [5.41, 5.74) is 6.47. The Kier molecular flexibility index (Phi) is 13.5. The zero-order valence-corrected chi connectivity index (χ0v) is 21.0. The number of nitrogens with two attached hydrogens (primary N) is 1. The van der Waals surface area contributed by atoms with Gasteiger partial charge in [-0.3, -0.25) is 19.2 Å². The van der Waals surface area contributed by atoms with Gasteiger partial charge in [0.15, 0.2) is 0 Å². The molecule has 0 heterocycles. The molecule has 0 bridgehead atoms. The zero-order chi connectivity index (χ0) is 27.3. The lowest BCUT2D eigenvalue weighted by molar-refractivity contribution is -0.143. The molecule has 5 unspecified atom stereocenters. The molecule has 1 aromatic carbocycles. The van der Waals surface area contributed by atoms with Crippen molar-refractivity contribution < 1.29 is 39.3 Å². The van der Waals surface area contributed by atoms with E-state index in [4.69, 9.17) is 10.8 Å². The SMILES string of the molecule is CSCCC(N)C(=O)NC(CCC(=O)O)C(=O)NC(C(=O)NC(Cc1ccccc1)C(=O)O)C(C)O. The highest BCUT2D eigenvalue weighted by atomic mass is 32.2. The van der Waals surface area contributed by atoms with Crippen molar-refractivity contribution >= 4 is 41.4 Å². The normalized spacial score (nSPS) is 15.0. The minimum absolute atomic E-state index is 0.0341. The second-order valence-corrected chi connectivity index (χ2v) is 9.18. The highest BCUT2D eigenvalue weighted by Crippen LogP contribution is 2.07. The van der Waals surface area contributed by atoms with Crippen LogP contribution in [-0.4, -0.2) is 87.3 Å². The van der Waals surface area contributed by atoms with Gasteiger partial charge in [-0.1, -0.05) is 30.3 Å². The van der Waals surface area contributed by atoms with Crippen LogP contribution in [0, 0.1) is 0 Å². The number of aliphatic hydroxyl groups excluding tert-OH is 1. The van der Waals surface area contributed by atoms with Crippen LogP contribution in [0.15, 0.2) is 30.3 Å². The molecule has 0 aliphatic carbocycles. The maximum absolute atomic E-state index is 12.9. The van der Waals surface area contributed by atoms with E-state index >= 15 is 0 Å². The van der Waals surface area contributed by atoms with Gasteiger partial charge in [-0.2, -0.15) is 11.8 Å². The van der Waals surface area contributed by atoms with Crippen LogP contribution in [-0.2, 0) is 30.4 Å². The Bertz CT molecular complexity index is 899. The second kappa shape index (κ2) is 15.8. The van der Waals surface area contributed by atoms with Crippen LogP contribution in [0.4, 0.5) is 0 Å². The third-order valence-electron chi connectivity index (χ3n) is 5.21. The fourth-order valence-electron chi connectivity index (χ4n) is 3.16. The van der Waals surface area contributed by atoms with Crippen LogP contribution in [0.25, 0.3) is 0 Å². The first-order chi connectivity index (χ1) is 17.0. The molecule has 0 spiro atoms. The molecule has 0 aliphatic heterocycles. The number of carboxylic acids is 2. The first-order valence-corrected chi connectivity index (χ1v) is 12.7. The van der Waals surface area contributed by atoms with E-state index in [1.54, 1.807) is 30.3 Å². The molecule has 0 radical (unpaired) electrons. The Morgan fingerprint density at radius 2 is 1.53 bits per heavy atom. The molecule has 1 aromatic rings. The summed E-state index contributed by atoms with van der Waals surface area (Å²) in [5, 5.41) is 35.6. The maximum atomic E-state index is 12.9. The van der Waals surface area contributed by atoms with Crippen LogP contribution < -0.4 is 21.7 Å². The van der Waals surface area contributed by atoms with Crippen molar-refractivity contribution in [2.24, 2.45) is 5.73 Å². The smallest absolute Gasteiger partial charge is 0.326 e. The zero-order valence-electron chi connectivity index (χ0n) is 20.2. The second-order valence-electron chi connectivity index (χ2n) is 8.20. The summed E-state index contributed by atoms with van der Waals surface area (Å²) in [6, 6.07) is 3.39. The van der Waals surface area contributed by atoms with E-state index in [2.05, 4.69) is 16.0 Å². The summed E-state index contributed by atoms with van der Waals surface area (Å²) < 4.78 is 0. The first kappa shape index (κ1) is 30.9. The summed E-state index contributed by atoms with van der Waals surface area (Å²) >= 11 is 1.48. The Morgan fingerprint density at radius 1 is 0.917 bits per heavy atom. The van der Waals surface area contributed by atoms with Crippen molar-refractivity contribution in [2.45, 2.75) is 62.9 Å². The number of carbonyl (C=O) groups is 5. The van der Waals surface area contributed by atoms with Gasteiger partial charge in [-0.25, -0.2) is 4.79 Å². The number of hydrogen-bond acceptors (Lipinski definition) is 8. The Hall–Kier alpha value is -3.16. The highest BCUT2D eigenvalue weighted by molar-refractivity contribution is 7.98. The minimum Gasteiger partial charge on any atom is -0.481 e. The van der Waals surface area contributed by atoms with Gasteiger partial charge < -0.3 is 37.0 Å². The first-order valence-electron chi connectivity index (χ1n) is 11.3. The van der Waals surface area contributed by atoms with Crippen molar-refractivity contribution in [1.82, 2.24) is 16.0 Å². The molecule has 0 saturated carbocycles. The molecule has 0 fully saturated rings. The average Bonchev–Trinajstić information content (AvgIpc) is 2.82. The summed E-state index contributed by atoms with van der Waals surface area (Å²) in [4.78, 5) is 60.8. The molecule has 8 N–H and O–H groups in total. The number of carbonyl (C=O) groups excluding carboxylic acids is 3. The molecule has 12 nitrogen and oxygen atoms in total. The summed E-state index contributed by atoms with van der Waals surface area (Å²) in [6.07, 6.45) is -0.0433. The fourth-order valence-corrected chi connectivity index (χ4v) is 3.65. The van der Waals surface area contributed by atoms with Gasteiger partial charge in [0.1, 0.15) is 18.1 Å². The van der Waals surface area contributed by atoms with E-state index in [9.17, 15) is 34.2 Å². The molecule has 0 aromatic heterocycles. The van der Waals surface area contributed by atoms with Gasteiger partial charge in [0.2, 0.25) is 17.7 Å². The standard InChI is InChI=1S/C23H34N4O8S/c1-13(28)19(22(33)26-17(23(34)35)12-14-6-4-3-5-7-14)27-21(32)16(8-9-18(29)30)25-20(31)15(24)10-11-36-2/h3-7,13,15-17,19,28H,8-12,24H2,1-2H3,(H,25,31)(H,26,33)(H,27,32)(H,29,30)(H,34,35). The number of carboxylic acid groups (broad SMARTS) is 2. The number of nitrogens with one attached hydrogen (secondary N) is 3. The van der Waals surface area contributed by atoms with Crippen LogP contribution >= 0.6 is 11.8 Å². The summed E-state index contributed by atoms with van der Waals surface area (Å²) in [5.74, 6) is -4.46. The van der Waals surface area contributed by atoms with E-state index in [1.165, 1.54) is 18.7 Å². The molecule has 0 saturated heterocycles. The number of aliphatic carboxylic acids is 2. The van der Waals surface area contributed by atoms with E-state index < -0.39 is 66.4 Å². The number of hydrogen-bond donors (Lipinski definition) is 7. The van der Waals surface area contributed by atoms with Crippen molar-refractivity contribution in [3.05, 3.63) is 35.9 Å². The predicted molar refractivity (Wildman–Crippen MR) is 133 cm³/mol. The summed E-state index contributed by atoms with van der Waals surface area (Å²) in [7, 11) is 0. The van der Waals surface area contributed by atoms with E-state index in [0.717, 1.165) is 0 Å². The minimum atomic E-state index is -1.57. The lowest BCUT2D eigenvalue weighted by atomic mass is 10.0. The van der Waals surface area contributed by atoms with Gasteiger partial charge in [0, 0.05) is 12.8 Å². The molecular formula is C23H34N4O8S. The highest BCUT2D eigenvalue weighted by Gasteiger charge is 2.33. The molecule has 0 aliphatic rings. The fraction of sp³-hybridized carbons (Fsp3) is 0.522. The molecule has 5 atom stereocenters. The maximum Gasteiger partial charge on any atom is 0.326 e. The number of thioether (sulfide) groups is 1. The Balaban J connectivity index is 2.96. The van der Waals surface area contributed by atoms with E-state index in [0.29, 0.717) is 17.7 Å². The molecule has 3 amide bonds. The number of aliphatic hydroxyl groups is 1. The van der Waals surface area contributed by atoms with Gasteiger partial charge in [0.05, 0.1) is 12.1 Å². The number of rotatable bonds is 16. The van der Waals surface area contributed by atoms with Crippen molar-refractivity contribution in [3.8, 4) is 0 Å². The largest absolute Gasteiger partial charge is 0.481 e. The third kappa shape index (κ3) is 11.1. The van der Waals surface area contributed by atoms with Crippen molar-refractivity contribution in [3.63, 3.8) is 0 Å². The van der Waals surface area contributed by atoms with Crippen LogP contribution in [0.3, 0.4) is 0 Å². The third-order valence-corrected chi connectivity index (χ3v) is 5.85. The van der Waals surface area contributed by atoms with Crippen LogP contribution in [0.1, 0.15) is 31.7 Å². The molecule has 1 rings (SSSR count). The Labute approximate surface area is 213 Å². The average molecular weight is 527 g/mol.